The second-order valence-corrected chi connectivity index (χ2v) is 25.9. The normalized spacial score (nSPS) is 32.5. The molecule has 0 nitrogen and oxygen atoms in total. The number of hydrogen-bond acceptors (Lipinski definition) is 0. The molecule has 10 fully saturated rings. The van der Waals surface area contributed by atoms with Crippen LogP contribution in [0.15, 0.2) is 0 Å². The van der Waals surface area contributed by atoms with Gasteiger partial charge in [0.1, 0.15) is 0 Å². The summed E-state index contributed by atoms with van der Waals surface area (Å²) in [5.41, 5.74) is 3.85. The van der Waals surface area contributed by atoms with E-state index in [1.165, 1.54) is 174 Å². The number of alkyl halides is 3. The topological polar surface area (TPSA) is 0 Å². The third-order valence-electron chi connectivity index (χ3n) is 18.8. The molecule has 0 N–H and O–H groups in total. The first-order valence-electron chi connectivity index (χ1n) is 26.1. The van der Waals surface area contributed by atoms with E-state index in [2.05, 4.69) is 96.9 Å². The number of rotatable bonds is 4. The second kappa shape index (κ2) is 22.6. The summed E-state index contributed by atoms with van der Waals surface area (Å²) in [6.45, 7) is 36.1. The van der Waals surface area contributed by atoms with Gasteiger partial charge in [-0.05, 0) is 158 Å². The summed E-state index contributed by atoms with van der Waals surface area (Å²) >= 11 is 0. The van der Waals surface area contributed by atoms with E-state index in [0.717, 1.165) is 45.3 Å². The van der Waals surface area contributed by atoms with Gasteiger partial charge in [-0.15, -0.1) is 0 Å². The van der Waals surface area contributed by atoms with Gasteiger partial charge in [0.15, 0.2) is 0 Å². The molecule has 3 heteroatoms. The van der Waals surface area contributed by atoms with Crippen molar-refractivity contribution < 1.29 is 13.2 Å². The van der Waals surface area contributed by atoms with E-state index >= 15 is 0 Å². The molecule has 0 spiro atoms. The molecule has 2 bridgehead atoms. The van der Waals surface area contributed by atoms with E-state index in [1.54, 1.807) is 0 Å². The Morgan fingerprint density at radius 1 is 0.356 bits per heavy atom. The van der Waals surface area contributed by atoms with Crippen LogP contribution in [0.2, 0.25) is 0 Å². The van der Waals surface area contributed by atoms with Crippen LogP contribution in [0.25, 0.3) is 0 Å². The first-order chi connectivity index (χ1) is 27.1. The van der Waals surface area contributed by atoms with Crippen LogP contribution in [-0.2, 0) is 0 Å². The van der Waals surface area contributed by atoms with Gasteiger partial charge in [0.25, 0.3) is 0 Å². The zero-order chi connectivity index (χ0) is 45.0. The molecule has 4 atom stereocenters. The van der Waals surface area contributed by atoms with Crippen LogP contribution in [0, 0.1) is 61.1 Å². The third-order valence-corrected chi connectivity index (χ3v) is 18.8. The van der Waals surface area contributed by atoms with Crippen LogP contribution in [0.3, 0.4) is 0 Å². The molecule has 2 unspecified atom stereocenters. The molecule has 10 aliphatic rings. The molecule has 10 rings (SSSR count). The van der Waals surface area contributed by atoms with Gasteiger partial charge in [-0.3, -0.25) is 0 Å². The van der Waals surface area contributed by atoms with Crippen LogP contribution < -0.4 is 0 Å². The Labute approximate surface area is 369 Å². The van der Waals surface area contributed by atoms with Gasteiger partial charge in [-0.1, -0.05) is 188 Å². The molecule has 0 aromatic rings. The lowest BCUT2D eigenvalue weighted by molar-refractivity contribution is -0.291. The monoisotopic (exact) mass is 837 g/mol. The summed E-state index contributed by atoms with van der Waals surface area (Å²) in [5, 5.41) is 0. The molecule has 0 amide bonds. The maximum atomic E-state index is 12.6. The Morgan fingerprint density at radius 2 is 0.576 bits per heavy atom. The largest absolute Gasteiger partial charge is 0.394 e. The maximum absolute atomic E-state index is 12.6. The zero-order valence-electron chi connectivity index (χ0n) is 43.2. The number of hydrogen-bond donors (Lipinski definition) is 0. The van der Waals surface area contributed by atoms with Crippen molar-refractivity contribution in [3.05, 3.63) is 0 Å². The third kappa shape index (κ3) is 18.4. The van der Waals surface area contributed by atoms with E-state index in [9.17, 15) is 13.2 Å². The molecular weight excluding hydrogens is 730 g/mol. The van der Waals surface area contributed by atoms with Crippen LogP contribution in [0.1, 0.15) is 291 Å². The second-order valence-electron chi connectivity index (χ2n) is 25.9. The van der Waals surface area contributed by atoms with E-state index in [1.807, 2.05) is 6.92 Å². The van der Waals surface area contributed by atoms with Gasteiger partial charge in [-0.25, -0.2) is 0 Å². The van der Waals surface area contributed by atoms with E-state index in [0.29, 0.717) is 11.3 Å². The minimum absolute atomic E-state index is 0.0949. The highest BCUT2D eigenvalue weighted by Gasteiger charge is 2.72. The standard InChI is InChI=1S/C9H13F3.2C8H16.2C7H14.2C6H12.C5H10/c1-5-6-3-4-7(5)8(6,2)9(10,11)12;2*1-3-8(2)6-4-5-7-8;1-7(2)5-3-4-6-7;1-3-7(2)5-4-6-7;1-6(2)4-3-5-6;1-3-6(2)4-5-6;1-5(2)3-4-5/h5-7H,3-4H2,1-2H3;2*3-7H2,1-2H3;2*3-6H2,1-2H3;2*3-5H2,1-2H3;3-4H2,1-2H3/t5?,6-,7+,8?;;;;;;;. The average Bonchev–Trinajstić information content (AvgIpc) is 3.59. The average molecular weight is 837 g/mol. The van der Waals surface area contributed by atoms with Crippen molar-refractivity contribution in [1.82, 2.24) is 0 Å². The molecule has 0 aliphatic heterocycles. The van der Waals surface area contributed by atoms with Crippen molar-refractivity contribution >= 4 is 0 Å². The summed E-state index contributed by atoms with van der Waals surface area (Å²) in [5.74, 6) is 0.113. The molecule has 352 valence electrons. The zero-order valence-corrected chi connectivity index (χ0v) is 43.2. The molecule has 0 saturated heterocycles. The smallest absolute Gasteiger partial charge is 0.170 e. The molecule has 10 aliphatic carbocycles. The first-order valence-corrected chi connectivity index (χ1v) is 26.1. The molecule has 0 radical (unpaired) electrons. The minimum Gasteiger partial charge on any atom is -0.170 e. The van der Waals surface area contributed by atoms with Gasteiger partial charge in [-0.2, -0.15) is 13.2 Å². The van der Waals surface area contributed by atoms with Gasteiger partial charge in [0, 0.05) is 0 Å². The van der Waals surface area contributed by atoms with Crippen molar-refractivity contribution in [3.63, 3.8) is 0 Å². The van der Waals surface area contributed by atoms with E-state index < -0.39 is 11.6 Å². The van der Waals surface area contributed by atoms with Gasteiger partial charge >= 0.3 is 6.18 Å². The molecular formula is C56H107F3. The Bertz CT molecular complexity index is 1090. The lowest BCUT2D eigenvalue weighted by atomic mass is 9.53. The molecule has 0 heterocycles. The maximum Gasteiger partial charge on any atom is 0.394 e. The van der Waals surface area contributed by atoms with Crippen LogP contribution in [-0.4, -0.2) is 6.18 Å². The Hall–Kier alpha value is -0.210. The lowest BCUT2D eigenvalue weighted by Crippen LogP contribution is -2.56. The quantitative estimate of drug-likeness (QED) is 0.265. The molecule has 59 heavy (non-hydrogen) atoms. The minimum atomic E-state index is -3.98. The predicted octanol–water partition coefficient (Wildman–Crippen LogP) is 20.6. The first kappa shape index (κ1) is 54.9. The fourth-order valence-corrected chi connectivity index (χ4v) is 10.8. The van der Waals surface area contributed by atoms with Crippen molar-refractivity contribution in [2.24, 2.45) is 61.1 Å². The Kier molecular flexibility index (Phi) is 21.0. The highest BCUT2D eigenvalue weighted by atomic mass is 19.4. The Morgan fingerprint density at radius 3 is 0.661 bits per heavy atom. The van der Waals surface area contributed by atoms with E-state index in [4.69, 9.17) is 0 Å². The number of halogens is 3. The predicted molar refractivity (Wildman–Crippen MR) is 256 cm³/mol. The van der Waals surface area contributed by atoms with Gasteiger partial charge < -0.3 is 0 Å². The van der Waals surface area contributed by atoms with Crippen molar-refractivity contribution in [2.45, 2.75) is 297 Å². The van der Waals surface area contributed by atoms with Gasteiger partial charge in [0.05, 0.1) is 5.41 Å². The summed E-state index contributed by atoms with van der Waals surface area (Å²) < 4.78 is 37.8. The van der Waals surface area contributed by atoms with Crippen molar-refractivity contribution in [1.29, 1.82) is 0 Å². The van der Waals surface area contributed by atoms with Crippen LogP contribution in [0.4, 0.5) is 13.2 Å². The highest BCUT2D eigenvalue weighted by Crippen LogP contribution is 2.71. The fourth-order valence-electron chi connectivity index (χ4n) is 10.8. The summed E-state index contributed by atoms with van der Waals surface area (Å²) in [4.78, 5) is 0. The summed E-state index contributed by atoms with van der Waals surface area (Å²) in [6, 6.07) is 0. The van der Waals surface area contributed by atoms with Crippen LogP contribution >= 0.6 is 0 Å². The molecule has 0 aromatic heterocycles. The van der Waals surface area contributed by atoms with Crippen molar-refractivity contribution in [3.8, 4) is 0 Å². The van der Waals surface area contributed by atoms with Crippen LogP contribution in [0.5, 0.6) is 0 Å². The summed E-state index contributed by atoms with van der Waals surface area (Å²) in [6.07, 6.45) is 35.4. The Balaban J connectivity index is 0.000000236. The van der Waals surface area contributed by atoms with Gasteiger partial charge in [0.2, 0.25) is 0 Å². The lowest BCUT2D eigenvalue weighted by Gasteiger charge is -2.53. The summed E-state index contributed by atoms with van der Waals surface area (Å²) in [7, 11) is 0. The van der Waals surface area contributed by atoms with Crippen molar-refractivity contribution in [2.75, 3.05) is 0 Å². The number of fused-ring (bicyclic) bond motifs is 1. The van der Waals surface area contributed by atoms with E-state index in [-0.39, 0.29) is 11.8 Å². The molecule has 10 saturated carbocycles. The fraction of sp³-hybridized carbons (Fsp3) is 1.00. The highest BCUT2D eigenvalue weighted by molar-refractivity contribution is 5.12. The molecule has 0 aromatic carbocycles. The SMILES string of the molecule is CC1(C)CC1.CC1(C)CCC1.CC1(C)CCCC1.CC1[C@H]2CC[C@@H]1C2(C)C(F)(F)F.CCC1(C)CC1.CCC1(C)CCC1.CCC1(C)CCCC1.CCC1(C)CCCC1.